The third-order valence-corrected chi connectivity index (χ3v) is 6.50. The monoisotopic (exact) mass is 355 g/mol. The van der Waals surface area contributed by atoms with Gasteiger partial charge in [0.15, 0.2) is 0 Å². The molecule has 2 N–H and O–H groups in total. The highest BCUT2D eigenvalue weighted by atomic mass is 16.4. The molecule has 25 heavy (non-hydrogen) atoms. The van der Waals surface area contributed by atoms with Crippen molar-refractivity contribution in [2.24, 2.45) is 11.8 Å². The average molecular weight is 356 g/mol. The molecule has 0 aromatic heterocycles. The van der Waals surface area contributed by atoms with Gasteiger partial charge in [0, 0.05) is 23.9 Å². The van der Waals surface area contributed by atoms with E-state index >= 15 is 0 Å². The van der Waals surface area contributed by atoms with E-state index in [2.05, 4.69) is 39.6 Å². The van der Waals surface area contributed by atoms with Crippen LogP contribution in [0.1, 0.15) is 85.5 Å². The highest BCUT2D eigenvalue weighted by molar-refractivity contribution is 5.66. The topological polar surface area (TPSA) is 77.8 Å². The minimum Gasteiger partial charge on any atom is -0.481 e. The Morgan fingerprint density at radius 2 is 1.52 bits per heavy atom. The molecule has 0 aromatic rings. The molecule has 1 saturated heterocycles. The molecule has 1 aliphatic rings. The van der Waals surface area contributed by atoms with Gasteiger partial charge < -0.3 is 10.2 Å². The number of rotatable bonds is 10. The predicted molar refractivity (Wildman–Crippen MR) is 99.7 cm³/mol. The molecule has 5 heteroatoms. The van der Waals surface area contributed by atoms with Crippen molar-refractivity contribution in [2.75, 3.05) is 7.05 Å². The van der Waals surface area contributed by atoms with Crippen molar-refractivity contribution in [3.05, 3.63) is 0 Å². The molecule has 0 radical (unpaired) electrons. The normalized spacial score (nSPS) is 24.0. The first-order valence-corrected chi connectivity index (χ1v) is 9.66. The van der Waals surface area contributed by atoms with Crippen LogP contribution in [0.3, 0.4) is 0 Å². The van der Waals surface area contributed by atoms with Crippen LogP contribution in [0.15, 0.2) is 0 Å². The molecule has 0 aromatic carbocycles. The molecule has 2 atom stereocenters. The summed E-state index contributed by atoms with van der Waals surface area (Å²) in [5.74, 6) is -0.487. The van der Waals surface area contributed by atoms with Gasteiger partial charge in [-0.3, -0.25) is 14.5 Å². The Bertz CT molecular complexity index is 459. The Hall–Kier alpha value is -1.10. The molecule has 1 rings (SSSR count). The van der Waals surface area contributed by atoms with Gasteiger partial charge in [-0.2, -0.15) is 0 Å². The van der Waals surface area contributed by atoms with Crippen molar-refractivity contribution < 1.29 is 19.8 Å². The fraction of sp³-hybridized carbons (Fsp3) is 0.900. The lowest BCUT2D eigenvalue weighted by Crippen LogP contribution is -2.61. The second-order valence-electron chi connectivity index (χ2n) is 8.86. The van der Waals surface area contributed by atoms with Crippen molar-refractivity contribution in [1.82, 2.24) is 4.90 Å². The van der Waals surface area contributed by atoms with Gasteiger partial charge in [0.1, 0.15) is 0 Å². The third kappa shape index (κ3) is 6.28. The van der Waals surface area contributed by atoms with E-state index in [1.165, 1.54) is 0 Å². The van der Waals surface area contributed by atoms with Crippen LogP contribution < -0.4 is 0 Å². The van der Waals surface area contributed by atoms with Gasteiger partial charge in [-0.1, -0.05) is 12.8 Å². The highest BCUT2D eigenvalue weighted by Crippen LogP contribution is 2.46. The van der Waals surface area contributed by atoms with Crippen molar-refractivity contribution >= 4 is 11.9 Å². The van der Waals surface area contributed by atoms with Crippen LogP contribution in [-0.2, 0) is 9.59 Å². The number of hydrogen-bond donors (Lipinski definition) is 2. The van der Waals surface area contributed by atoms with Crippen LogP contribution in [-0.4, -0.2) is 45.2 Å². The molecule has 0 amide bonds. The number of unbranched alkanes of at least 4 members (excludes halogenated alkanes) is 1. The van der Waals surface area contributed by atoms with E-state index in [0.29, 0.717) is 24.7 Å². The zero-order valence-electron chi connectivity index (χ0n) is 16.7. The standard InChI is InChI=1S/C20H37NO4/c1-19(2)14-13-16(20(3,4)21(19)5)15(10-8-12-18(24)25)9-6-7-11-17(22)23/h15-16H,6-14H2,1-5H3,(H,22,23)(H,24,25). The first kappa shape index (κ1) is 21.9. The molecule has 5 nitrogen and oxygen atoms in total. The zero-order valence-corrected chi connectivity index (χ0v) is 16.7. The second-order valence-corrected chi connectivity index (χ2v) is 8.86. The van der Waals surface area contributed by atoms with Crippen LogP contribution in [0.2, 0.25) is 0 Å². The predicted octanol–water partition coefficient (Wildman–Crippen LogP) is 4.40. The molecule has 1 aliphatic heterocycles. The van der Waals surface area contributed by atoms with Crippen LogP contribution in [0.4, 0.5) is 0 Å². The lowest BCUT2D eigenvalue weighted by molar-refractivity contribution is -0.138. The lowest BCUT2D eigenvalue weighted by Gasteiger charge is -2.57. The second kappa shape index (κ2) is 9.02. The maximum absolute atomic E-state index is 10.9. The molecule has 0 spiro atoms. The van der Waals surface area contributed by atoms with Crippen LogP contribution >= 0.6 is 0 Å². The Morgan fingerprint density at radius 3 is 2.08 bits per heavy atom. The van der Waals surface area contributed by atoms with Crippen molar-refractivity contribution in [1.29, 1.82) is 0 Å². The summed E-state index contributed by atoms with van der Waals surface area (Å²) in [7, 11) is 2.20. The molecule has 0 bridgehead atoms. The average Bonchev–Trinajstić information content (AvgIpc) is 2.48. The quantitative estimate of drug-likeness (QED) is 0.568. The SMILES string of the molecule is CN1C(C)(C)CCC(C(CCCCC(=O)O)CCCC(=O)O)C1(C)C. The summed E-state index contributed by atoms with van der Waals surface area (Å²) in [5, 5.41) is 17.8. The largest absolute Gasteiger partial charge is 0.481 e. The molecular weight excluding hydrogens is 318 g/mol. The van der Waals surface area contributed by atoms with Gasteiger partial charge in [0.25, 0.3) is 0 Å². The molecule has 0 aliphatic carbocycles. The summed E-state index contributed by atoms with van der Waals surface area (Å²) in [6, 6.07) is 0. The molecule has 1 fully saturated rings. The van der Waals surface area contributed by atoms with E-state index in [-0.39, 0.29) is 23.9 Å². The fourth-order valence-electron chi connectivity index (χ4n) is 4.62. The van der Waals surface area contributed by atoms with E-state index in [1.807, 2.05) is 0 Å². The van der Waals surface area contributed by atoms with Gasteiger partial charge in [0.2, 0.25) is 0 Å². The lowest BCUT2D eigenvalue weighted by atomic mass is 9.65. The van der Waals surface area contributed by atoms with E-state index < -0.39 is 11.9 Å². The van der Waals surface area contributed by atoms with Crippen molar-refractivity contribution in [2.45, 2.75) is 96.6 Å². The van der Waals surface area contributed by atoms with Gasteiger partial charge >= 0.3 is 11.9 Å². The van der Waals surface area contributed by atoms with Gasteiger partial charge in [-0.15, -0.1) is 0 Å². The van der Waals surface area contributed by atoms with Crippen LogP contribution in [0, 0.1) is 11.8 Å². The fourth-order valence-corrected chi connectivity index (χ4v) is 4.62. The summed E-state index contributed by atoms with van der Waals surface area (Å²) in [5.41, 5.74) is 0.233. The van der Waals surface area contributed by atoms with E-state index in [9.17, 15) is 9.59 Å². The van der Waals surface area contributed by atoms with Gasteiger partial charge in [0.05, 0.1) is 0 Å². The number of hydrogen-bond acceptors (Lipinski definition) is 3. The molecule has 2 unspecified atom stereocenters. The van der Waals surface area contributed by atoms with E-state index in [4.69, 9.17) is 10.2 Å². The zero-order chi connectivity index (χ0) is 19.3. The van der Waals surface area contributed by atoms with E-state index in [0.717, 1.165) is 32.1 Å². The minimum atomic E-state index is -0.734. The smallest absolute Gasteiger partial charge is 0.303 e. The molecule has 1 heterocycles. The Labute approximate surface area is 152 Å². The van der Waals surface area contributed by atoms with Crippen molar-refractivity contribution in [3.8, 4) is 0 Å². The number of aliphatic carboxylic acids is 2. The first-order valence-electron chi connectivity index (χ1n) is 9.66. The maximum Gasteiger partial charge on any atom is 0.303 e. The minimum absolute atomic E-state index is 0.0580. The summed E-state index contributed by atoms with van der Waals surface area (Å²) in [6.07, 6.45) is 6.98. The Kier molecular flexibility index (Phi) is 7.91. The third-order valence-electron chi connectivity index (χ3n) is 6.50. The number of carboxylic acid groups (broad SMARTS) is 2. The summed E-state index contributed by atoms with van der Waals surface area (Å²) < 4.78 is 0. The van der Waals surface area contributed by atoms with Crippen molar-refractivity contribution in [3.63, 3.8) is 0 Å². The van der Waals surface area contributed by atoms with Crippen LogP contribution in [0.5, 0.6) is 0 Å². The summed E-state index contributed by atoms with van der Waals surface area (Å²) in [4.78, 5) is 24.1. The molecular formula is C20H37NO4. The summed E-state index contributed by atoms with van der Waals surface area (Å²) in [6.45, 7) is 9.19. The van der Waals surface area contributed by atoms with Crippen LogP contribution in [0.25, 0.3) is 0 Å². The maximum atomic E-state index is 10.9. The summed E-state index contributed by atoms with van der Waals surface area (Å²) >= 11 is 0. The molecule has 0 saturated carbocycles. The number of piperidine rings is 1. The number of carboxylic acids is 2. The van der Waals surface area contributed by atoms with E-state index in [1.54, 1.807) is 0 Å². The molecule has 146 valence electrons. The number of likely N-dealkylation sites (tertiary alicyclic amines) is 1. The Balaban J connectivity index is 2.78. The van der Waals surface area contributed by atoms with Gasteiger partial charge in [-0.05, 0) is 78.7 Å². The highest BCUT2D eigenvalue weighted by Gasteiger charge is 2.47. The first-order chi connectivity index (χ1) is 11.5. The Morgan fingerprint density at radius 1 is 1.00 bits per heavy atom. The van der Waals surface area contributed by atoms with Gasteiger partial charge in [-0.25, -0.2) is 0 Å². The number of nitrogens with zero attached hydrogens (tertiary/aromatic N) is 1. The number of carbonyl (C=O) groups is 2.